The summed E-state index contributed by atoms with van der Waals surface area (Å²) in [5, 5.41) is 3.32. The van der Waals surface area contributed by atoms with E-state index in [9.17, 15) is 4.79 Å². The van der Waals surface area contributed by atoms with Gasteiger partial charge in [0.25, 0.3) is 0 Å². The van der Waals surface area contributed by atoms with Gasteiger partial charge in [-0.3, -0.25) is 4.79 Å². The molecule has 0 bridgehead atoms. The molecule has 1 aromatic rings. The normalized spacial score (nSPS) is 25.4. The van der Waals surface area contributed by atoms with E-state index in [4.69, 9.17) is 0 Å². The number of hydrogen-bond acceptors (Lipinski definition) is 2. The highest BCUT2D eigenvalue weighted by atomic mass is 16.1. The summed E-state index contributed by atoms with van der Waals surface area (Å²) in [4.78, 5) is 12.5. The van der Waals surface area contributed by atoms with Crippen LogP contribution < -0.4 is 5.32 Å². The van der Waals surface area contributed by atoms with Gasteiger partial charge >= 0.3 is 0 Å². The van der Waals surface area contributed by atoms with Crippen molar-refractivity contribution in [3.05, 3.63) is 35.4 Å². The molecule has 16 heavy (non-hydrogen) atoms. The molecular weight excluding hydrogens is 198 g/mol. The Morgan fingerprint density at radius 3 is 2.75 bits per heavy atom. The van der Waals surface area contributed by atoms with Gasteiger partial charge in [-0.15, -0.1) is 0 Å². The van der Waals surface area contributed by atoms with E-state index in [0.717, 1.165) is 37.1 Å². The standard InChI is InChI=1S/C14H19NO/c1-11-6-3-4-7-12(11)13(16)14(2)8-5-9-15-10-14/h3-4,6-7,15H,5,8-10H2,1-2H3. The fourth-order valence-electron chi connectivity index (χ4n) is 2.40. The number of piperidine rings is 1. The fraction of sp³-hybridized carbons (Fsp3) is 0.500. The van der Waals surface area contributed by atoms with Crippen LogP contribution in [0.2, 0.25) is 0 Å². The second kappa shape index (κ2) is 4.38. The van der Waals surface area contributed by atoms with E-state index in [-0.39, 0.29) is 11.2 Å². The van der Waals surface area contributed by atoms with E-state index < -0.39 is 0 Å². The highest BCUT2D eigenvalue weighted by molar-refractivity contribution is 6.01. The number of Topliss-reactive ketones (excluding diaryl/α,β-unsaturated/α-hetero) is 1. The van der Waals surface area contributed by atoms with Crippen LogP contribution in [0.4, 0.5) is 0 Å². The van der Waals surface area contributed by atoms with Crippen LogP contribution in [0.3, 0.4) is 0 Å². The summed E-state index contributed by atoms with van der Waals surface area (Å²) in [7, 11) is 0. The molecule has 0 amide bonds. The maximum Gasteiger partial charge on any atom is 0.170 e. The molecule has 1 N–H and O–H groups in total. The number of carbonyl (C=O) groups is 1. The molecule has 1 aliphatic rings. The summed E-state index contributed by atoms with van der Waals surface area (Å²) in [6, 6.07) is 7.87. The van der Waals surface area contributed by atoms with Crippen molar-refractivity contribution in [1.29, 1.82) is 0 Å². The smallest absolute Gasteiger partial charge is 0.170 e. The quantitative estimate of drug-likeness (QED) is 0.771. The number of ketones is 1. The first-order valence-corrected chi connectivity index (χ1v) is 5.95. The first-order chi connectivity index (χ1) is 7.63. The summed E-state index contributed by atoms with van der Waals surface area (Å²) in [5.74, 6) is 0.290. The summed E-state index contributed by atoms with van der Waals surface area (Å²) in [6.45, 7) is 5.93. The van der Waals surface area contributed by atoms with Gasteiger partial charge in [0, 0.05) is 17.5 Å². The van der Waals surface area contributed by atoms with Crippen molar-refractivity contribution in [2.24, 2.45) is 5.41 Å². The second-order valence-electron chi connectivity index (χ2n) is 4.99. The molecule has 1 aliphatic heterocycles. The maximum absolute atomic E-state index is 12.5. The van der Waals surface area contributed by atoms with Crippen LogP contribution in [-0.2, 0) is 0 Å². The lowest BCUT2D eigenvalue weighted by Gasteiger charge is -2.33. The Hall–Kier alpha value is -1.15. The van der Waals surface area contributed by atoms with Crippen LogP contribution in [0.15, 0.2) is 24.3 Å². The molecule has 0 aromatic heterocycles. The number of nitrogens with one attached hydrogen (secondary N) is 1. The number of aryl methyl sites for hydroxylation is 1. The van der Waals surface area contributed by atoms with E-state index in [2.05, 4.69) is 12.2 Å². The lowest BCUT2D eigenvalue weighted by Crippen LogP contribution is -2.43. The highest BCUT2D eigenvalue weighted by Crippen LogP contribution is 2.30. The summed E-state index contributed by atoms with van der Waals surface area (Å²) in [5.41, 5.74) is 1.75. The molecule has 2 rings (SSSR count). The average molecular weight is 217 g/mol. The van der Waals surface area contributed by atoms with Crippen LogP contribution >= 0.6 is 0 Å². The highest BCUT2D eigenvalue weighted by Gasteiger charge is 2.35. The van der Waals surface area contributed by atoms with Gasteiger partial charge in [-0.2, -0.15) is 0 Å². The molecule has 1 fully saturated rings. The molecule has 0 saturated carbocycles. The molecule has 2 heteroatoms. The van der Waals surface area contributed by atoms with Crippen molar-refractivity contribution in [2.75, 3.05) is 13.1 Å². The Bertz CT molecular complexity index is 391. The van der Waals surface area contributed by atoms with E-state index in [1.165, 1.54) is 0 Å². The van der Waals surface area contributed by atoms with Gasteiger partial charge in [0.05, 0.1) is 0 Å². The van der Waals surface area contributed by atoms with Crippen molar-refractivity contribution in [1.82, 2.24) is 5.32 Å². The maximum atomic E-state index is 12.5. The molecule has 1 atom stereocenters. The fourth-order valence-corrected chi connectivity index (χ4v) is 2.40. The number of hydrogen-bond donors (Lipinski definition) is 1. The van der Waals surface area contributed by atoms with Crippen molar-refractivity contribution >= 4 is 5.78 Å². The van der Waals surface area contributed by atoms with Crippen molar-refractivity contribution < 1.29 is 4.79 Å². The van der Waals surface area contributed by atoms with Crippen LogP contribution in [0, 0.1) is 12.3 Å². The van der Waals surface area contributed by atoms with Gasteiger partial charge in [-0.05, 0) is 31.9 Å². The summed E-state index contributed by atoms with van der Waals surface area (Å²) < 4.78 is 0. The van der Waals surface area contributed by atoms with Crippen molar-refractivity contribution in [3.8, 4) is 0 Å². The molecule has 1 aromatic carbocycles. The molecule has 0 aliphatic carbocycles. The minimum Gasteiger partial charge on any atom is -0.316 e. The molecule has 86 valence electrons. The number of rotatable bonds is 2. The topological polar surface area (TPSA) is 29.1 Å². The van der Waals surface area contributed by atoms with E-state index in [0.29, 0.717) is 0 Å². The monoisotopic (exact) mass is 217 g/mol. The summed E-state index contributed by atoms with van der Waals surface area (Å²) in [6.07, 6.45) is 2.08. The number of carbonyl (C=O) groups excluding carboxylic acids is 1. The Kier molecular flexibility index (Phi) is 3.10. The molecule has 1 saturated heterocycles. The molecule has 0 radical (unpaired) electrons. The third kappa shape index (κ3) is 2.03. The van der Waals surface area contributed by atoms with Gasteiger partial charge in [0.15, 0.2) is 5.78 Å². The Balaban J connectivity index is 2.28. The predicted molar refractivity (Wildman–Crippen MR) is 65.7 cm³/mol. The minimum atomic E-state index is -0.218. The van der Waals surface area contributed by atoms with E-state index in [1.807, 2.05) is 31.2 Å². The molecule has 1 unspecified atom stereocenters. The zero-order valence-corrected chi connectivity index (χ0v) is 10.0. The van der Waals surface area contributed by atoms with Crippen LogP contribution in [0.25, 0.3) is 0 Å². The van der Waals surface area contributed by atoms with Crippen molar-refractivity contribution in [3.63, 3.8) is 0 Å². The molecule has 1 heterocycles. The van der Waals surface area contributed by atoms with Gasteiger partial charge in [0.2, 0.25) is 0 Å². The van der Waals surface area contributed by atoms with Crippen LogP contribution in [0.5, 0.6) is 0 Å². The zero-order valence-electron chi connectivity index (χ0n) is 10.0. The average Bonchev–Trinajstić information content (AvgIpc) is 2.30. The van der Waals surface area contributed by atoms with Crippen molar-refractivity contribution in [2.45, 2.75) is 26.7 Å². The first-order valence-electron chi connectivity index (χ1n) is 5.95. The molecule has 0 spiro atoms. The summed E-state index contributed by atoms with van der Waals surface area (Å²) >= 11 is 0. The SMILES string of the molecule is Cc1ccccc1C(=O)C1(C)CCCNC1. The Morgan fingerprint density at radius 2 is 2.12 bits per heavy atom. The van der Waals surface area contributed by atoms with Gasteiger partial charge in [0.1, 0.15) is 0 Å². The molecular formula is C14H19NO. The third-order valence-corrected chi connectivity index (χ3v) is 3.54. The lowest BCUT2D eigenvalue weighted by atomic mass is 9.76. The van der Waals surface area contributed by atoms with Gasteiger partial charge in [-0.25, -0.2) is 0 Å². The lowest BCUT2D eigenvalue weighted by molar-refractivity contribution is 0.0772. The van der Waals surface area contributed by atoms with Crippen LogP contribution in [-0.4, -0.2) is 18.9 Å². The molecule has 2 nitrogen and oxygen atoms in total. The predicted octanol–water partition coefficient (Wildman–Crippen LogP) is 2.57. The largest absolute Gasteiger partial charge is 0.316 e. The minimum absolute atomic E-state index is 0.218. The first kappa shape index (κ1) is 11.3. The Morgan fingerprint density at radius 1 is 1.38 bits per heavy atom. The third-order valence-electron chi connectivity index (χ3n) is 3.54. The van der Waals surface area contributed by atoms with Crippen LogP contribution in [0.1, 0.15) is 35.7 Å². The van der Waals surface area contributed by atoms with Gasteiger partial charge < -0.3 is 5.32 Å². The number of benzene rings is 1. The zero-order chi connectivity index (χ0) is 11.6. The van der Waals surface area contributed by atoms with E-state index >= 15 is 0 Å². The van der Waals surface area contributed by atoms with E-state index in [1.54, 1.807) is 0 Å². The van der Waals surface area contributed by atoms with Gasteiger partial charge in [-0.1, -0.05) is 31.2 Å². The second-order valence-corrected chi connectivity index (χ2v) is 4.99. The Labute approximate surface area is 97.1 Å².